The lowest BCUT2D eigenvalue weighted by atomic mass is 9.96. The summed E-state index contributed by atoms with van der Waals surface area (Å²) in [6.45, 7) is 0. The number of carbonyl (C=O) groups excluding carboxylic acids is 1. The Hall–Kier alpha value is -2.15. The summed E-state index contributed by atoms with van der Waals surface area (Å²) in [7, 11) is -3.14. The standard InChI is InChI=1S/C18H23N3O3S/c1-25(23,24)13-14-6-5-7-15(12-14)18(22)20-17-10-11-19-21(17)16-8-3-2-4-9-16/h5-7,10-12,16H,2-4,8-9,13H2,1H3,(H,20,22). The highest BCUT2D eigenvalue weighted by Crippen LogP contribution is 2.30. The lowest BCUT2D eigenvalue weighted by Crippen LogP contribution is -2.20. The van der Waals surface area contributed by atoms with E-state index >= 15 is 0 Å². The molecule has 0 unspecified atom stereocenters. The molecule has 2 aromatic rings. The van der Waals surface area contributed by atoms with Crippen molar-refractivity contribution < 1.29 is 13.2 Å². The van der Waals surface area contributed by atoms with Crippen molar-refractivity contribution >= 4 is 21.6 Å². The van der Waals surface area contributed by atoms with Gasteiger partial charge < -0.3 is 5.32 Å². The fourth-order valence-electron chi connectivity index (χ4n) is 3.32. The van der Waals surface area contributed by atoms with Crippen LogP contribution in [0.5, 0.6) is 0 Å². The monoisotopic (exact) mass is 361 g/mol. The van der Waals surface area contributed by atoms with Crippen molar-refractivity contribution in [2.24, 2.45) is 0 Å². The van der Waals surface area contributed by atoms with Gasteiger partial charge in [-0.1, -0.05) is 31.4 Å². The first kappa shape index (κ1) is 17.7. The highest BCUT2D eigenvalue weighted by atomic mass is 32.2. The Morgan fingerprint density at radius 1 is 1.24 bits per heavy atom. The van der Waals surface area contributed by atoms with E-state index in [4.69, 9.17) is 0 Å². The molecule has 7 heteroatoms. The topological polar surface area (TPSA) is 81.1 Å². The number of nitrogens with one attached hydrogen (secondary N) is 1. The van der Waals surface area contributed by atoms with Gasteiger partial charge in [-0.2, -0.15) is 5.10 Å². The van der Waals surface area contributed by atoms with Crippen molar-refractivity contribution in [1.29, 1.82) is 0 Å². The molecule has 0 spiro atoms. The Morgan fingerprint density at radius 3 is 2.72 bits per heavy atom. The average Bonchev–Trinajstić information content (AvgIpc) is 3.02. The SMILES string of the molecule is CS(=O)(=O)Cc1cccc(C(=O)Nc2ccnn2C2CCCCC2)c1. The van der Waals surface area contributed by atoms with E-state index in [1.807, 2.05) is 4.68 Å². The van der Waals surface area contributed by atoms with Gasteiger partial charge in [-0.25, -0.2) is 13.1 Å². The van der Waals surface area contributed by atoms with Crippen LogP contribution in [0.25, 0.3) is 0 Å². The van der Waals surface area contributed by atoms with Gasteiger partial charge in [-0.05, 0) is 30.5 Å². The lowest BCUT2D eigenvalue weighted by Gasteiger charge is -2.23. The van der Waals surface area contributed by atoms with Gasteiger partial charge in [-0.15, -0.1) is 0 Å². The van der Waals surface area contributed by atoms with Gasteiger partial charge >= 0.3 is 0 Å². The zero-order valence-electron chi connectivity index (χ0n) is 14.3. The molecule has 25 heavy (non-hydrogen) atoms. The van der Waals surface area contributed by atoms with Crippen LogP contribution in [-0.2, 0) is 15.6 Å². The van der Waals surface area contributed by atoms with Gasteiger partial charge in [0.2, 0.25) is 0 Å². The summed E-state index contributed by atoms with van der Waals surface area (Å²) in [4.78, 5) is 12.6. The van der Waals surface area contributed by atoms with Crippen LogP contribution in [0.4, 0.5) is 5.82 Å². The predicted molar refractivity (Wildman–Crippen MR) is 97.3 cm³/mol. The molecule has 0 saturated heterocycles. The van der Waals surface area contributed by atoms with Gasteiger partial charge in [0.15, 0.2) is 9.84 Å². The summed E-state index contributed by atoms with van der Waals surface area (Å²) in [5.74, 6) is 0.354. The Kier molecular flexibility index (Phi) is 5.22. The largest absolute Gasteiger partial charge is 0.307 e. The van der Waals surface area contributed by atoms with Crippen molar-refractivity contribution in [1.82, 2.24) is 9.78 Å². The van der Waals surface area contributed by atoms with Gasteiger partial charge in [0.25, 0.3) is 5.91 Å². The molecule has 1 N–H and O–H groups in total. The maximum atomic E-state index is 12.6. The van der Waals surface area contributed by atoms with Crippen molar-refractivity contribution in [2.45, 2.75) is 43.9 Å². The molecule has 1 amide bonds. The molecule has 1 aromatic carbocycles. The maximum absolute atomic E-state index is 12.6. The maximum Gasteiger partial charge on any atom is 0.256 e. The van der Waals surface area contributed by atoms with E-state index in [1.54, 1.807) is 36.5 Å². The summed E-state index contributed by atoms with van der Waals surface area (Å²) in [5.41, 5.74) is 1.05. The normalized spacial score (nSPS) is 15.9. The van der Waals surface area contributed by atoms with Crippen molar-refractivity contribution in [3.05, 3.63) is 47.7 Å². The number of hydrogen-bond acceptors (Lipinski definition) is 4. The molecule has 6 nitrogen and oxygen atoms in total. The number of anilines is 1. The number of carbonyl (C=O) groups is 1. The average molecular weight is 361 g/mol. The predicted octanol–water partition coefficient (Wildman–Crippen LogP) is 3.19. The highest BCUT2D eigenvalue weighted by Gasteiger charge is 2.19. The third kappa shape index (κ3) is 4.69. The number of amides is 1. The van der Waals surface area contributed by atoms with Crippen LogP contribution in [0, 0.1) is 0 Å². The minimum absolute atomic E-state index is 0.0753. The Labute approximate surface area is 148 Å². The molecule has 1 saturated carbocycles. The van der Waals surface area contributed by atoms with Gasteiger partial charge in [-0.3, -0.25) is 4.79 Å². The summed E-state index contributed by atoms with van der Waals surface area (Å²) in [5, 5.41) is 7.28. The van der Waals surface area contributed by atoms with Gasteiger partial charge in [0.05, 0.1) is 18.0 Å². The van der Waals surface area contributed by atoms with Crippen molar-refractivity contribution in [3.63, 3.8) is 0 Å². The van der Waals surface area contributed by atoms with E-state index in [0.717, 1.165) is 12.8 Å². The number of rotatable bonds is 5. The molecule has 1 aliphatic rings. The molecule has 1 fully saturated rings. The molecular formula is C18H23N3O3S. The first-order valence-electron chi connectivity index (χ1n) is 8.54. The number of aromatic nitrogens is 2. The zero-order valence-corrected chi connectivity index (χ0v) is 15.1. The molecule has 3 rings (SSSR count). The molecule has 0 aliphatic heterocycles. The molecular weight excluding hydrogens is 338 g/mol. The minimum atomic E-state index is -3.14. The van der Waals surface area contributed by atoms with E-state index in [1.165, 1.54) is 25.5 Å². The second-order valence-corrected chi connectivity index (χ2v) is 8.82. The third-order valence-electron chi connectivity index (χ3n) is 4.45. The quantitative estimate of drug-likeness (QED) is 0.887. The zero-order chi connectivity index (χ0) is 17.9. The second kappa shape index (κ2) is 7.39. The minimum Gasteiger partial charge on any atom is -0.307 e. The Bertz CT molecular complexity index is 852. The van der Waals surface area contributed by atoms with Crippen molar-refractivity contribution in [3.8, 4) is 0 Å². The third-order valence-corrected chi connectivity index (χ3v) is 5.31. The summed E-state index contributed by atoms with van der Waals surface area (Å²) in [6.07, 6.45) is 8.67. The number of nitrogens with zero attached hydrogens (tertiary/aromatic N) is 2. The van der Waals surface area contributed by atoms with E-state index < -0.39 is 9.84 Å². The van der Waals surface area contributed by atoms with Gasteiger partial charge in [0, 0.05) is 17.9 Å². The highest BCUT2D eigenvalue weighted by molar-refractivity contribution is 7.89. The van der Waals surface area contributed by atoms with Crippen LogP contribution in [0.3, 0.4) is 0 Å². The van der Waals surface area contributed by atoms with Crippen LogP contribution in [0.1, 0.15) is 54.1 Å². The van der Waals surface area contributed by atoms with Crippen LogP contribution in [-0.4, -0.2) is 30.4 Å². The van der Waals surface area contributed by atoms with E-state index in [-0.39, 0.29) is 11.7 Å². The molecule has 134 valence electrons. The number of benzene rings is 1. The Balaban J connectivity index is 1.75. The molecule has 0 radical (unpaired) electrons. The van der Waals surface area contributed by atoms with Crippen LogP contribution < -0.4 is 5.32 Å². The fraction of sp³-hybridized carbons (Fsp3) is 0.444. The van der Waals surface area contributed by atoms with E-state index in [2.05, 4.69) is 10.4 Å². The summed E-state index contributed by atoms with van der Waals surface area (Å²) >= 11 is 0. The summed E-state index contributed by atoms with van der Waals surface area (Å²) in [6, 6.07) is 8.85. The molecule has 0 atom stereocenters. The van der Waals surface area contributed by atoms with E-state index in [0.29, 0.717) is 23.0 Å². The van der Waals surface area contributed by atoms with Crippen LogP contribution >= 0.6 is 0 Å². The Morgan fingerprint density at radius 2 is 2.00 bits per heavy atom. The lowest BCUT2D eigenvalue weighted by molar-refractivity contribution is 0.102. The van der Waals surface area contributed by atoms with Gasteiger partial charge in [0.1, 0.15) is 5.82 Å². The second-order valence-electron chi connectivity index (χ2n) is 6.68. The van der Waals surface area contributed by atoms with Crippen LogP contribution in [0.15, 0.2) is 36.5 Å². The first-order chi connectivity index (χ1) is 11.9. The number of sulfone groups is 1. The molecule has 1 aliphatic carbocycles. The smallest absolute Gasteiger partial charge is 0.256 e. The molecule has 0 bridgehead atoms. The molecule has 1 aromatic heterocycles. The first-order valence-corrected chi connectivity index (χ1v) is 10.6. The molecule has 1 heterocycles. The van der Waals surface area contributed by atoms with E-state index in [9.17, 15) is 13.2 Å². The fourth-order valence-corrected chi connectivity index (χ4v) is 4.11. The number of hydrogen-bond donors (Lipinski definition) is 1. The van der Waals surface area contributed by atoms with Crippen molar-refractivity contribution in [2.75, 3.05) is 11.6 Å². The van der Waals surface area contributed by atoms with Crippen LogP contribution in [0.2, 0.25) is 0 Å². The summed E-state index contributed by atoms with van der Waals surface area (Å²) < 4.78 is 24.8.